The number of ether oxygens (including phenoxy) is 1. The number of carbonyl (C=O) groups excluding carboxylic acids is 1. The summed E-state index contributed by atoms with van der Waals surface area (Å²) in [4.78, 5) is 18.6. The molecule has 0 bridgehead atoms. The molecule has 2 aromatic heterocycles. The molecule has 6 heteroatoms. The molecular weight excluding hydrogens is 304 g/mol. The zero-order valence-corrected chi connectivity index (χ0v) is 14.4. The maximum atomic E-state index is 12.5. The highest BCUT2D eigenvalue weighted by atomic mass is 16.5. The summed E-state index contributed by atoms with van der Waals surface area (Å²) >= 11 is 0. The van der Waals surface area contributed by atoms with Gasteiger partial charge in [-0.05, 0) is 44.5 Å². The molecule has 0 fully saturated rings. The van der Waals surface area contributed by atoms with Crippen molar-refractivity contribution < 1.29 is 9.53 Å². The first-order chi connectivity index (χ1) is 11.5. The van der Waals surface area contributed by atoms with Crippen LogP contribution in [0.4, 0.5) is 4.79 Å². The summed E-state index contributed by atoms with van der Waals surface area (Å²) in [6, 6.07) is 7.89. The van der Waals surface area contributed by atoms with Gasteiger partial charge in [0.25, 0.3) is 0 Å². The second-order valence-corrected chi connectivity index (χ2v) is 6.32. The van der Waals surface area contributed by atoms with Crippen molar-refractivity contribution in [2.75, 3.05) is 6.54 Å². The fourth-order valence-electron chi connectivity index (χ4n) is 3.00. The molecule has 2 amide bonds. The number of aromatic nitrogens is 2. The van der Waals surface area contributed by atoms with Crippen molar-refractivity contribution in [3.8, 4) is 5.88 Å². The molecule has 0 aromatic carbocycles. The van der Waals surface area contributed by atoms with Crippen LogP contribution in [0.15, 0.2) is 36.7 Å². The molecule has 0 spiro atoms. The summed E-state index contributed by atoms with van der Waals surface area (Å²) in [5.41, 5.74) is 2.15. The number of urea groups is 1. The van der Waals surface area contributed by atoms with Crippen LogP contribution in [-0.4, -0.2) is 33.1 Å². The molecule has 1 N–H and O–H groups in total. The second-order valence-electron chi connectivity index (χ2n) is 6.32. The van der Waals surface area contributed by atoms with E-state index in [0.29, 0.717) is 19.0 Å². The van der Waals surface area contributed by atoms with Crippen LogP contribution in [0.2, 0.25) is 0 Å². The first-order valence-corrected chi connectivity index (χ1v) is 8.35. The third-order valence-electron chi connectivity index (χ3n) is 4.20. The largest absolute Gasteiger partial charge is 0.475 e. The lowest BCUT2D eigenvalue weighted by Crippen LogP contribution is -2.45. The molecule has 128 valence electrons. The number of amides is 2. The Morgan fingerprint density at radius 1 is 1.42 bits per heavy atom. The molecule has 0 radical (unpaired) electrons. The van der Waals surface area contributed by atoms with Crippen LogP contribution in [-0.2, 0) is 13.1 Å². The first kappa shape index (κ1) is 16.4. The van der Waals surface area contributed by atoms with Crippen LogP contribution in [0, 0.1) is 0 Å². The Morgan fingerprint density at radius 2 is 2.25 bits per heavy atom. The lowest BCUT2D eigenvalue weighted by molar-refractivity contribution is 0.162. The van der Waals surface area contributed by atoms with Crippen LogP contribution in [0.5, 0.6) is 5.88 Å². The molecule has 0 aliphatic carbocycles. The van der Waals surface area contributed by atoms with Gasteiger partial charge < -0.3 is 19.5 Å². The zero-order chi connectivity index (χ0) is 17.1. The molecule has 0 saturated heterocycles. The topological polar surface area (TPSA) is 59.4 Å². The SMILES string of the molecule is CC(C)Oc1cc(CNC(=O)N2CCn3cccc3C2C)ccn1. The molecular formula is C18H24N4O2. The van der Waals surface area contributed by atoms with Gasteiger partial charge in [-0.1, -0.05) is 0 Å². The zero-order valence-electron chi connectivity index (χ0n) is 14.4. The molecule has 1 aliphatic rings. The van der Waals surface area contributed by atoms with Crippen molar-refractivity contribution in [2.45, 2.75) is 46.0 Å². The summed E-state index contributed by atoms with van der Waals surface area (Å²) in [7, 11) is 0. The highest BCUT2D eigenvalue weighted by Crippen LogP contribution is 2.25. The molecule has 2 aromatic rings. The van der Waals surface area contributed by atoms with E-state index in [-0.39, 0.29) is 18.2 Å². The van der Waals surface area contributed by atoms with Crippen LogP contribution in [0.1, 0.15) is 38.1 Å². The lowest BCUT2D eigenvalue weighted by Gasteiger charge is -2.34. The predicted octanol–water partition coefficient (Wildman–Crippen LogP) is 2.96. The Kier molecular flexibility index (Phi) is 4.74. The smallest absolute Gasteiger partial charge is 0.318 e. The molecule has 6 nitrogen and oxygen atoms in total. The third kappa shape index (κ3) is 3.53. The van der Waals surface area contributed by atoms with Crippen LogP contribution >= 0.6 is 0 Å². The molecule has 24 heavy (non-hydrogen) atoms. The summed E-state index contributed by atoms with van der Waals surface area (Å²) in [5.74, 6) is 0.584. The standard InChI is InChI=1S/C18H24N4O2/c1-13(2)24-17-11-15(6-7-19-17)12-20-18(23)22-10-9-21-8-4-5-16(21)14(22)3/h4-8,11,13-14H,9-10,12H2,1-3H3,(H,20,23). The molecule has 0 saturated carbocycles. The van der Waals surface area contributed by atoms with Gasteiger partial charge in [0, 0.05) is 43.8 Å². The number of fused-ring (bicyclic) bond motifs is 1. The fourth-order valence-corrected chi connectivity index (χ4v) is 3.00. The van der Waals surface area contributed by atoms with Gasteiger partial charge in [-0.2, -0.15) is 0 Å². The lowest BCUT2D eigenvalue weighted by atomic mass is 10.1. The fraction of sp³-hybridized carbons (Fsp3) is 0.444. The number of carbonyl (C=O) groups is 1. The van der Waals surface area contributed by atoms with Crippen molar-refractivity contribution in [2.24, 2.45) is 0 Å². The van der Waals surface area contributed by atoms with Gasteiger partial charge in [0.15, 0.2) is 0 Å². The molecule has 1 unspecified atom stereocenters. The highest BCUT2D eigenvalue weighted by Gasteiger charge is 2.27. The molecule has 1 aliphatic heterocycles. The van der Waals surface area contributed by atoms with Crippen LogP contribution < -0.4 is 10.1 Å². The number of hydrogen-bond donors (Lipinski definition) is 1. The molecule has 1 atom stereocenters. The summed E-state index contributed by atoms with van der Waals surface area (Å²) in [6.07, 6.45) is 3.84. The second kappa shape index (κ2) is 6.95. The minimum absolute atomic E-state index is 0.0434. The van der Waals surface area contributed by atoms with Crippen LogP contribution in [0.3, 0.4) is 0 Å². The van der Waals surface area contributed by atoms with E-state index in [2.05, 4.69) is 34.1 Å². The molecule has 3 rings (SSSR count). The van der Waals surface area contributed by atoms with Gasteiger partial charge in [0.2, 0.25) is 5.88 Å². The van der Waals surface area contributed by atoms with E-state index >= 15 is 0 Å². The summed E-state index contributed by atoms with van der Waals surface area (Å²) < 4.78 is 7.79. The third-order valence-corrected chi connectivity index (χ3v) is 4.20. The summed E-state index contributed by atoms with van der Waals surface area (Å²) in [5, 5.41) is 3.00. The van der Waals surface area contributed by atoms with E-state index in [9.17, 15) is 4.79 Å². The van der Waals surface area contributed by atoms with Crippen molar-refractivity contribution >= 4 is 6.03 Å². The van der Waals surface area contributed by atoms with E-state index in [0.717, 1.165) is 12.1 Å². The maximum Gasteiger partial charge on any atom is 0.318 e. The first-order valence-electron chi connectivity index (χ1n) is 8.35. The Labute approximate surface area is 142 Å². The Bertz CT molecular complexity index is 711. The van der Waals surface area contributed by atoms with Crippen molar-refractivity contribution in [3.63, 3.8) is 0 Å². The monoisotopic (exact) mass is 328 g/mol. The summed E-state index contributed by atoms with van der Waals surface area (Å²) in [6.45, 7) is 7.99. The van der Waals surface area contributed by atoms with Gasteiger partial charge in [-0.15, -0.1) is 0 Å². The number of hydrogen-bond acceptors (Lipinski definition) is 3. The Hall–Kier alpha value is -2.50. The number of rotatable bonds is 4. The Morgan fingerprint density at radius 3 is 3.04 bits per heavy atom. The quantitative estimate of drug-likeness (QED) is 0.939. The maximum absolute atomic E-state index is 12.5. The molecule has 3 heterocycles. The number of nitrogens with zero attached hydrogens (tertiary/aromatic N) is 3. The average Bonchev–Trinajstić information content (AvgIpc) is 3.02. The number of pyridine rings is 1. The van der Waals surface area contributed by atoms with E-state index < -0.39 is 0 Å². The van der Waals surface area contributed by atoms with Crippen molar-refractivity contribution in [3.05, 3.63) is 47.9 Å². The van der Waals surface area contributed by atoms with E-state index in [1.54, 1.807) is 6.20 Å². The van der Waals surface area contributed by atoms with Crippen molar-refractivity contribution in [1.29, 1.82) is 0 Å². The van der Waals surface area contributed by atoms with Gasteiger partial charge in [0.05, 0.1) is 12.1 Å². The van der Waals surface area contributed by atoms with Crippen LogP contribution in [0.25, 0.3) is 0 Å². The van der Waals surface area contributed by atoms with E-state index in [1.807, 2.05) is 36.9 Å². The van der Waals surface area contributed by atoms with Gasteiger partial charge >= 0.3 is 6.03 Å². The minimum Gasteiger partial charge on any atom is -0.475 e. The normalized spacial score (nSPS) is 16.8. The van der Waals surface area contributed by atoms with E-state index in [1.165, 1.54) is 5.69 Å². The van der Waals surface area contributed by atoms with Gasteiger partial charge in [-0.25, -0.2) is 9.78 Å². The highest BCUT2D eigenvalue weighted by molar-refractivity contribution is 5.74. The van der Waals surface area contributed by atoms with E-state index in [4.69, 9.17) is 4.74 Å². The predicted molar refractivity (Wildman–Crippen MR) is 91.8 cm³/mol. The Balaban J connectivity index is 1.60. The average molecular weight is 328 g/mol. The van der Waals surface area contributed by atoms with Gasteiger partial charge in [0.1, 0.15) is 0 Å². The van der Waals surface area contributed by atoms with Crippen molar-refractivity contribution in [1.82, 2.24) is 19.8 Å². The minimum atomic E-state index is -0.0434. The number of nitrogens with one attached hydrogen (secondary N) is 1. The van der Waals surface area contributed by atoms with Gasteiger partial charge in [-0.3, -0.25) is 0 Å².